The molecule has 1 fully saturated rings. The van der Waals surface area contributed by atoms with E-state index in [1.54, 1.807) is 0 Å². The molecule has 0 radical (unpaired) electrons. The standard InChI is InChI=1S/C8H16S/c1-6-4-3-5-8(9)7(6)2/h6-9H,3-5H2,1-2H3. The van der Waals surface area contributed by atoms with Crippen LogP contribution in [0.4, 0.5) is 0 Å². The molecule has 0 heterocycles. The zero-order valence-corrected chi connectivity index (χ0v) is 7.20. The van der Waals surface area contributed by atoms with Crippen molar-refractivity contribution in [1.82, 2.24) is 0 Å². The lowest BCUT2D eigenvalue weighted by Gasteiger charge is -2.30. The molecule has 1 saturated carbocycles. The Hall–Kier alpha value is 0.350. The third-order valence-electron chi connectivity index (χ3n) is 2.66. The average Bonchev–Trinajstić information content (AvgIpc) is 1.83. The highest BCUT2D eigenvalue weighted by Crippen LogP contribution is 2.32. The van der Waals surface area contributed by atoms with Gasteiger partial charge < -0.3 is 0 Å². The summed E-state index contributed by atoms with van der Waals surface area (Å²) in [6, 6.07) is 0. The first-order valence-electron chi connectivity index (χ1n) is 3.90. The summed E-state index contributed by atoms with van der Waals surface area (Å²) in [6.45, 7) is 4.66. The second-order valence-corrected chi connectivity index (χ2v) is 4.00. The van der Waals surface area contributed by atoms with Crippen molar-refractivity contribution in [2.75, 3.05) is 0 Å². The molecule has 1 heteroatoms. The predicted molar refractivity (Wildman–Crippen MR) is 45.0 cm³/mol. The van der Waals surface area contributed by atoms with Crippen molar-refractivity contribution >= 4 is 12.6 Å². The summed E-state index contributed by atoms with van der Waals surface area (Å²) in [5.41, 5.74) is 0. The van der Waals surface area contributed by atoms with Gasteiger partial charge in [-0.1, -0.05) is 26.7 Å². The van der Waals surface area contributed by atoms with Gasteiger partial charge in [-0.05, 0) is 18.3 Å². The summed E-state index contributed by atoms with van der Waals surface area (Å²) in [4.78, 5) is 0. The van der Waals surface area contributed by atoms with Gasteiger partial charge in [0.2, 0.25) is 0 Å². The molecule has 1 aliphatic rings. The lowest BCUT2D eigenvalue weighted by molar-refractivity contribution is 0.288. The molecule has 9 heavy (non-hydrogen) atoms. The monoisotopic (exact) mass is 144 g/mol. The van der Waals surface area contributed by atoms with Gasteiger partial charge in [-0.15, -0.1) is 0 Å². The Morgan fingerprint density at radius 2 is 1.89 bits per heavy atom. The van der Waals surface area contributed by atoms with E-state index in [1.807, 2.05) is 0 Å². The van der Waals surface area contributed by atoms with Crippen LogP contribution in [0.5, 0.6) is 0 Å². The zero-order chi connectivity index (χ0) is 6.85. The minimum Gasteiger partial charge on any atom is -0.176 e. The van der Waals surface area contributed by atoms with E-state index in [2.05, 4.69) is 26.5 Å². The molecule has 54 valence electrons. The number of hydrogen-bond acceptors (Lipinski definition) is 1. The minimum atomic E-state index is 0.675. The van der Waals surface area contributed by atoms with Crippen LogP contribution in [0.1, 0.15) is 33.1 Å². The molecule has 0 aromatic carbocycles. The molecule has 3 unspecified atom stereocenters. The van der Waals surface area contributed by atoms with Crippen LogP contribution in [-0.2, 0) is 0 Å². The van der Waals surface area contributed by atoms with Crippen molar-refractivity contribution in [3.63, 3.8) is 0 Å². The summed E-state index contributed by atoms with van der Waals surface area (Å²) in [6.07, 6.45) is 4.13. The molecule has 0 bridgehead atoms. The molecular weight excluding hydrogens is 128 g/mol. The second-order valence-electron chi connectivity index (χ2n) is 3.33. The summed E-state index contributed by atoms with van der Waals surface area (Å²) < 4.78 is 0. The van der Waals surface area contributed by atoms with Gasteiger partial charge in [-0.25, -0.2) is 0 Å². The molecule has 0 aliphatic heterocycles. The van der Waals surface area contributed by atoms with E-state index in [1.165, 1.54) is 19.3 Å². The van der Waals surface area contributed by atoms with Gasteiger partial charge in [0.25, 0.3) is 0 Å². The summed E-state index contributed by atoms with van der Waals surface area (Å²) >= 11 is 4.52. The van der Waals surface area contributed by atoms with E-state index in [-0.39, 0.29) is 0 Å². The van der Waals surface area contributed by atoms with Gasteiger partial charge in [0.05, 0.1) is 0 Å². The van der Waals surface area contributed by atoms with Crippen molar-refractivity contribution in [3.05, 3.63) is 0 Å². The Bertz CT molecular complexity index is 80.6. The van der Waals surface area contributed by atoms with E-state index in [0.717, 1.165) is 11.8 Å². The summed E-state index contributed by atoms with van der Waals surface area (Å²) in [5.74, 6) is 1.74. The highest BCUT2D eigenvalue weighted by Gasteiger charge is 2.23. The average molecular weight is 144 g/mol. The van der Waals surface area contributed by atoms with Gasteiger partial charge in [0.15, 0.2) is 0 Å². The van der Waals surface area contributed by atoms with Crippen LogP contribution in [0.3, 0.4) is 0 Å². The first-order chi connectivity index (χ1) is 4.22. The van der Waals surface area contributed by atoms with Gasteiger partial charge in [0.1, 0.15) is 0 Å². The number of rotatable bonds is 0. The number of thiol groups is 1. The normalized spacial score (nSPS) is 45.0. The Labute approximate surface area is 63.4 Å². The first-order valence-corrected chi connectivity index (χ1v) is 4.41. The van der Waals surface area contributed by atoms with Crippen molar-refractivity contribution in [2.24, 2.45) is 11.8 Å². The van der Waals surface area contributed by atoms with Crippen LogP contribution >= 0.6 is 12.6 Å². The molecule has 0 saturated heterocycles. The largest absolute Gasteiger partial charge is 0.176 e. The van der Waals surface area contributed by atoms with E-state index in [4.69, 9.17) is 0 Å². The van der Waals surface area contributed by atoms with Gasteiger partial charge in [0, 0.05) is 5.25 Å². The van der Waals surface area contributed by atoms with Gasteiger partial charge >= 0.3 is 0 Å². The molecule has 0 N–H and O–H groups in total. The van der Waals surface area contributed by atoms with E-state index >= 15 is 0 Å². The fraction of sp³-hybridized carbons (Fsp3) is 1.00. The van der Waals surface area contributed by atoms with Crippen LogP contribution in [0.15, 0.2) is 0 Å². The molecule has 0 spiro atoms. The third kappa shape index (κ3) is 1.64. The molecular formula is C8H16S. The lowest BCUT2D eigenvalue weighted by Crippen LogP contribution is -2.24. The van der Waals surface area contributed by atoms with Crippen LogP contribution in [-0.4, -0.2) is 5.25 Å². The van der Waals surface area contributed by atoms with Crippen molar-refractivity contribution in [3.8, 4) is 0 Å². The summed E-state index contributed by atoms with van der Waals surface area (Å²) in [5, 5.41) is 0.675. The van der Waals surface area contributed by atoms with Gasteiger partial charge in [-0.2, -0.15) is 12.6 Å². The van der Waals surface area contributed by atoms with Crippen LogP contribution in [0.2, 0.25) is 0 Å². The maximum Gasteiger partial charge on any atom is 0.00449 e. The molecule has 0 aromatic heterocycles. The highest BCUT2D eigenvalue weighted by molar-refractivity contribution is 7.81. The number of hydrogen-bond donors (Lipinski definition) is 1. The first kappa shape index (κ1) is 7.46. The van der Waals surface area contributed by atoms with Crippen LogP contribution < -0.4 is 0 Å². The maximum atomic E-state index is 4.52. The third-order valence-corrected chi connectivity index (χ3v) is 3.39. The Morgan fingerprint density at radius 3 is 2.33 bits per heavy atom. The molecule has 1 rings (SSSR count). The van der Waals surface area contributed by atoms with E-state index < -0.39 is 0 Å². The maximum absolute atomic E-state index is 4.52. The molecule has 0 amide bonds. The molecule has 1 aliphatic carbocycles. The minimum absolute atomic E-state index is 0.675. The van der Waals surface area contributed by atoms with Gasteiger partial charge in [-0.3, -0.25) is 0 Å². The molecule has 0 aromatic rings. The Balaban J connectivity index is 2.41. The fourth-order valence-corrected chi connectivity index (χ4v) is 2.03. The topological polar surface area (TPSA) is 0 Å². The van der Waals surface area contributed by atoms with E-state index in [0.29, 0.717) is 5.25 Å². The lowest BCUT2D eigenvalue weighted by atomic mass is 9.81. The van der Waals surface area contributed by atoms with Crippen molar-refractivity contribution in [2.45, 2.75) is 38.4 Å². The fourth-order valence-electron chi connectivity index (χ4n) is 1.55. The summed E-state index contributed by atoms with van der Waals surface area (Å²) in [7, 11) is 0. The quantitative estimate of drug-likeness (QED) is 0.497. The van der Waals surface area contributed by atoms with E-state index in [9.17, 15) is 0 Å². The zero-order valence-electron chi connectivity index (χ0n) is 6.30. The SMILES string of the molecule is CC1CCCC(S)C1C. The molecule has 3 atom stereocenters. The molecule has 0 nitrogen and oxygen atoms in total. The predicted octanol–water partition coefficient (Wildman–Crippen LogP) is 2.74. The Morgan fingerprint density at radius 1 is 1.22 bits per heavy atom. The smallest absolute Gasteiger partial charge is 0.00449 e. The van der Waals surface area contributed by atoms with Crippen LogP contribution in [0, 0.1) is 11.8 Å². The Kier molecular flexibility index (Phi) is 2.45. The second kappa shape index (κ2) is 2.96. The van der Waals surface area contributed by atoms with Crippen molar-refractivity contribution < 1.29 is 0 Å². The van der Waals surface area contributed by atoms with Crippen molar-refractivity contribution in [1.29, 1.82) is 0 Å². The van der Waals surface area contributed by atoms with Crippen LogP contribution in [0.25, 0.3) is 0 Å². The highest BCUT2D eigenvalue weighted by atomic mass is 32.1.